The van der Waals surface area contributed by atoms with Crippen molar-refractivity contribution in [1.29, 1.82) is 0 Å². The maximum atomic E-state index is 13.7. The molecule has 0 aliphatic carbocycles. The van der Waals surface area contributed by atoms with Gasteiger partial charge in [-0.2, -0.15) is 4.31 Å². The third-order valence-corrected chi connectivity index (χ3v) is 9.28. The zero-order valence-electron chi connectivity index (χ0n) is 20.8. The number of benzene rings is 2. The number of thiophene rings is 1. The maximum Gasteiger partial charge on any atom is 0.243 e. The van der Waals surface area contributed by atoms with E-state index in [9.17, 15) is 13.2 Å². The number of nitrogens with zero attached hydrogens (tertiary/aromatic N) is 2. The van der Waals surface area contributed by atoms with Crippen LogP contribution in [0.1, 0.15) is 27.6 Å². The van der Waals surface area contributed by atoms with Crippen LogP contribution >= 0.6 is 11.3 Å². The molecule has 0 spiro atoms. The van der Waals surface area contributed by atoms with Crippen LogP contribution in [0.25, 0.3) is 0 Å². The molecule has 4 rings (SSSR count). The van der Waals surface area contributed by atoms with Gasteiger partial charge in [0.05, 0.1) is 24.1 Å². The molecule has 9 heteroatoms. The van der Waals surface area contributed by atoms with Gasteiger partial charge in [-0.15, -0.1) is 11.3 Å². The number of sulfonamides is 1. The lowest BCUT2D eigenvalue weighted by atomic mass is 10.0. The first-order valence-electron chi connectivity index (χ1n) is 11.9. The molecule has 0 N–H and O–H groups in total. The maximum absolute atomic E-state index is 13.7. The average molecular weight is 529 g/mol. The van der Waals surface area contributed by atoms with Gasteiger partial charge in [0.1, 0.15) is 12.4 Å². The van der Waals surface area contributed by atoms with E-state index in [0.29, 0.717) is 13.2 Å². The highest BCUT2D eigenvalue weighted by Crippen LogP contribution is 2.34. The molecule has 1 aromatic heterocycles. The fraction of sp³-hybridized carbons (Fsp3) is 0.370. The molecule has 0 radical (unpaired) electrons. The van der Waals surface area contributed by atoms with E-state index in [0.717, 1.165) is 28.9 Å². The second kappa shape index (κ2) is 11.6. The molecule has 192 valence electrons. The minimum atomic E-state index is -3.88. The number of hydrogen-bond acceptors (Lipinski definition) is 6. The molecule has 1 aliphatic heterocycles. The summed E-state index contributed by atoms with van der Waals surface area (Å²) in [5.74, 6) is 0.521. The Kier molecular flexibility index (Phi) is 8.46. The van der Waals surface area contributed by atoms with E-state index in [1.54, 1.807) is 40.5 Å². The molecule has 36 heavy (non-hydrogen) atoms. The Labute approximate surface area is 217 Å². The predicted octanol–water partition coefficient (Wildman–Crippen LogP) is 4.21. The average Bonchev–Trinajstić information content (AvgIpc) is 3.35. The molecule has 0 saturated heterocycles. The van der Waals surface area contributed by atoms with Crippen molar-refractivity contribution < 1.29 is 22.7 Å². The molecule has 2 aromatic carbocycles. The number of methoxy groups -OCH3 is 1. The van der Waals surface area contributed by atoms with E-state index in [1.807, 2.05) is 49.6 Å². The number of carbonyl (C=O) groups excluding carboxylic acids is 1. The second-order valence-electron chi connectivity index (χ2n) is 8.87. The zero-order valence-corrected chi connectivity index (χ0v) is 22.5. The third-order valence-electron chi connectivity index (χ3n) is 6.42. The van der Waals surface area contributed by atoms with Crippen molar-refractivity contribution in [2.45, 2.75) is 31.2 Å². The third kappa shape index (κ3) is 5.81. The highest BCUT2D eigenvalue weighted by Gasteiger charge is 2.35. The quantitative estimate of drug-likeness (QED) is 0.394. The summed E-state index contributed by atoms with van der Waals surface area (Å²) in [7, 11) is -2.36. The van der Waals surface area contributed by atoms with Crippen molar-refractivity contribution in [2.75, 3.05) is 40.0 Å². The molecular weight excluding hydrogens is 496 g/mol. The van der Waals surface area contributed by atoms with Crippen molar-refractivity contribution in [3.63, 3.8) is 0 Å². The standard InChI is InChI=1S/C27H32N2O5S2/c1-20-8-10-22(11-9-20)36(31,32)28(15-16-33-3)18-27(30)29-14-12-26-23(13-17-35-26)24(29)19-34-25-7-5-4-6-21(25)2/h4-11,13,17,24H,12,14-16,18-19H2,1-3H3/t24-/m1/s1. The van der Waals surface area contributed by atoms with Crippen molar-refractivity contribution in [1.82, 2.24) is 9.21 Å². The summed E-state index contributed by atoms with van der Waals surface area (Å²) in [4.78, 5) is 16.8. The van der Waals surface area contributed by atoms with Gasteiger partial charge in [-0.3, -0.25) is 4.79 Å². The summed E-state index contributed by atoms with van der Waals surface area (Å²) in [6.45, 7) is 4.70. The summed E-state index contributed by atoms with van der Waals surface area (Å²) in [6, 6.07) is 16.2. The largest absolute Gasteiger partial charge is 0.491 e. The first-order valence-corrected chi connectivity index (χ1v) is 14.2. The lowest BCUT2D eigenvalue weighted by Gasteiger charge is -2.37. The number of fused-ring (bicyclic) bond motifs is 1. The van der Waals surface area contributed by atoms with Crippen molar-refractivity contribution in [3.05, 3.63) is 81.5 Å². The second-order valence-corrected chi connectivity index (χ2v) is 11.8. The first-order chi connectivity index (χ1) is 17.3. The summed E-state index contributed by atoms with van der Waals surface area (Å²) in [5.41, 5.74) is 3.05. The van der Waals surface area contributed by atoms with Gasteiger partial charge in [0, 0.05) is 25.1 Å². The van der Waals surface area contributed by atoms with E-state index in [-0.39, 0.29) is 36.5 Å². The van der Waals surface area contributed by atoms with E-state index in [1.165, 1.54) is 16.3 Å². The Morgan fingerprint density at radius 2 is 1.86 bits per heavy atom. The lowest BCUT2D eigenvalue weighted by molar-refractivity contribution is -0.135. The number of para-hydroxylation sites is 1. The molecule has 1 atom stereocenters. The van der Waals surface area contributed by atoms with Crippen LogP contribution in [0.15, 0.2) is 64.9 Å². The van der Waals surface area contributed by atoms with E-state index < -0.39 is 10.0 Å². The van der Waals surface area contributed by atoms with E-state index in [4.69, 9.17) is 9.47 Å². The van der Waals surface area contributed by atoms with Gasteiger partial charge in [-0.1, -0.05) is 35.9 Å². The first kappa shape index (κ1) is 26.3. The monoisotopic (exact) mass is 528 g/mol. The van der Waals surface area contributed by atoms with Crippen LogP contribution in [0.5, 0.6) is 5.75 Å². The summed E-state index contributed by atoms with van der Waals surface area (Å²) >= 11 is 1.68. The highest BCUT2D eigenvalue weighted by atomic mass is 32.2. The number of amides is 1. The van der Waals surface area contributed by atoms with Gasteiger partial charge < -0.3 is 14.4 Å². The normalized spacial score (nSPS) is 15.7. The van der Waals surface area contributed by atoms with Gasteiger partial charge >= 0.3 is 0 Å². The van der Waals surface area contributed by atoms with Crippen LogP contribution in [0.3, 0.4) is 0 Å². The van der Waals surface area contributed by atoms with Crippen LogP contribution in [0, 0.1) is 13.8 Å². The zero-order chi connectivity index (χ0) is 25.7. The molecule has 0 saturated carbocycles. The van der Waals surface area contributed by atoms with Crippen LogP contribution < -0.4 is 4.74 Å². The molecular formula is C27H32N2O5S2. The van der Waals surface area contributed by atoms with Gasteiger partial charge in [0.2, 0.25) is 15.9 Å². The Balaban J connectivity index is 1.57. The SMILES string of the molecule is COCCN(CC(=O)N1CCc2sccc2[C@H]1COc1ccccc1C)S(=O)(=O)c1ccc(C)cc1. The van der Waals surface area contributed by atoms with Crippen molar-refractivity contribution >= 4 is 27.3 Å². The lowest BCUT2D eigenvalue weighted by Crippen LogP contribution is -2.48. The molecule has 7 nitrogen and oxygen atoms in total. The van der Waals surface area contributed by atoms with Crippen LogP contribution in [0.4, 0.5) is 0 Å². The minimum Gasteiger partial charge on any atom is -0.491 e. The molecule has 3 aromatic rings. The fourth-order valence-corrected chi connectivity index (χ4v) is 6.64. The number of rotatable bonds is 10. The topological polar surface area (TPSA) is 76.2 Å². The van der Waals surface area contributed by atoms with Crippen molar-refractivity contribution in [3.8, 4) is 5.75 Å². The molecule has 0 fully saturated rings. The number of ether oxygens (including phenoxy) is 2. The minimum absolute atomic E-state index is 0.0837. The van der Waals surface area contributed by atoms with Crippen LogP contribution in [-0.4, -0.2) is 63.5 Å². The summed E-state index contributed by atoms with van der Waals surface area (Å²) < 4.78 is 39.4. The summed E-state index contributed by atoms with van der Waals surface area (Å²) in [6.07, 6.45) is 0.738. The molecule has 0 unspecified atom stereocenters. The van der Waals surface area contributed by atoms with Gasteiger partial charge in [0.15, 0.2) is 0 Å². The predicted molar refractivity (Wildman–Crippen MR) is 141 cm³/mol. The summed E-state index contributed by atoms with van der Waals surface area (Å²) in [5, 5.41) is 2.03. The van der Waals surface area contributed by atoms with Crippen molar-refractivity contribution in [2.24, 2.45) is 0 Å². The molecule has 1 amide bonds. The number of hydrogen-bond donors (Lipinski definition) is 0. The van der Waals surface area contributed by atoms with E-state index in [2.05, 4.69) is 0 Å². The molecule has 2 heterocycles. The molecule has 1 aliphatic rings. The van der Waals surface area contributed by atoms with Gasteiger partial charge in [-0.25, -0.2) is 8.42 Å². The number of aryl methyl sites for hydroxylation is 2. The van der Waals surface area contributed by atoms with Gasteiger partial charge in [0.25, 0.3) is 0 Å². The van der Waals surface area contributed by atoms with E-state index >= 15 is 0 Å². The molecule has 0 bridgehead atoms. The van der Waals surface area contributed by atoms with Crippen LogP contribution in [0.2, 0.25) is 0 Å². The van der Waals surface area contributed by atoms with Crippen LogP contribution in [-0.2, 0) is 26.0 Å². The fourth-order valence-electron chi connectivity index (χ4n) is 4.34. The Morgan fingerprint density at radius 1 is 1.11 bits per heavy atom. The van der Waals surface area contributed by atoms with Gasteiger partial charge in [-0.05, 0) is 61.0 Å². The Hall–Kier alpha value is -2.72. The number of carbonyl (C=O) groups is 1. The smallest absolute Gasteiger partial charge is 0.243 e. The Bertz CT molecular complexity index is 1290. The Morgan fingerprint density at radius 3 is 2.58 bits per heavy atom. The highest BCUT2D eigenvalue weighted by molar-refractivity contribution is 7.89.